The van der Waals surface area contributed by atoms with E-state index in [2.05, 4.69) is 70.5 Å². The number of carbonyl (C=O) groups is 1. The molecule has 0 aliphatic carbocycles. The molecule has 0 unspecified atom stereocenters. The van der Waals surface area contributed by atoms with Crippen molar-refractivity contribution in [2.45, 2.75) is 24.9 Å². The van der Waals surface area contributed by atoms with Crippen LogP contribution in [0, 0.1) is 0 Å². The number of halogens is 1. The van der Waals surface area contributed by atoms with Crippen LogP contribution in [-0.4, -0.2) is 64.6 Å². The third kappa shape index (κ3) is 5.88. The van der Waals surface area contributed by atoms with Gasteiger partial charge in [-0.1, -0.05) is 49.3 Å². The molecule has 4 rings (SSSR count). The predicted octanol–water partition coefficient (Wildman–Crippen LogP) is 4.53. The van der Waals surface area contributed by atoms with Crippen LogP contribution in [0.1, 0.15) is 25.3 Å². The van der Waals surface area contributed by atoms with Crippen LogP contribution in [0.5, 0.6) is 0 Å². The van der Waals surface area contributed by atoms with Crippen LogP contribution in [0.3, 0.4) is 0 Å². The Morgan fingerprint density at radius 3 is 2.55 bits per heavy atom. The van der Waals surface area contributed by atoms with E-state index in [1.165, 1.54) is 17.3 Å². The van der Waals surface area contributed by atoms with Crippen LogP contribution in [0.15, 0.2) is 53.9 Å². The highest BCUT2D eigenvalue weighted by Crippen LogP contribution is 2.30. The molecule has 1 saturated heterocycles. The highest BCUT2D eigenvalue weighted by molar-refractivity contribution is 7.99. The second-order valence-corrected chi connectivity index (χ2v) is 9.90. The number of nitrogens with zero attached hydrogens (tertiary/aromatic N) is 5. The first-order chi connectivity index (χ1) is 15.9. The number of likely N-dealkylation sites (N-methyl/N-ethyl adjacent to an activating group) is 1. The lowest BCUT2D eigenvalue weighted by Crippen LogP contribution is -2.44. The lowest BCUT2D eigenvalue weighted by molar-refractivity contribution is -0.113. The second-order valence-electron chi connectivity index (χ2n) is 8.52. The maximum Gasteiger partial charge on any atom is 0.234 e. The van der Waals surface area contributed by atoms with Crippen molar-refractivity contribution in [3.8, 4) is 5.69 Å². The molecule has 1 fully saturated rings. The molecular weight excluding hydrogens is 456 g/mol. The van der Waals surface area contributed by atoms with Crippen molar-refractivity contribution in [3.63, 3.8) is 0 Å². The van der Waals surface area contributed by atoms with Gasteiger partial charge in [0.05, 0.1) is 17.1 Å². The van der Waals surface area contributed by atoms with Gasteiger partial charge in [0.25, 0.3) is 0 Å². The molecule has 1 aliphatic rings. The van der Waals surface area contributed by atoms with Crippen LogP contribution in [-0.2, 0) is 4.79 Å². The van der Waals surface area contributed by atoms with Crippen molar-refractivity contribution in [1.29, 1.82) is 0 Å². The number of carbonyl (C=O) groups excluding carboxylic acids is 1. The average molecular weight is 485 g/mol. The van der Waals surface area contributed by atoms with Crippen LogP contribution in [0.25, 0.3) is 5.69 Å². The van der Waals surface area contributed by atoms with Gasteiger partial charge in [0, 0.05) is 36.9 Å². The fourth-order valence-corrected chi connectivity index (χ4v) is 4.67. The van der Waals surface area contributed by atoms with Crippen LogP contribution in [0.2, 0.25) is 5.02 Å². The summed E-state index contributed by atoms with van der Waals surface area (Å²) < 4.78 is 1.90. The molecular formula is C24H29ClN6OS. The standard InChI is InChI=1S/C24H29ClN6OS/c1-17(2)18-4-7-20(8-5-18)31-16-26-28-24(31)33-15-23(32)27-21-14-19(25)6-9-22(21)30-12-10-29(3)11-13-30/h4-9,14,16-17H,10-13,15H2,1-3H3,(H,27,32). The Bertz CT molecular complexity index is 1090. The van der Waals surface area contributed by atoms with Crippen LogP contribution in [0.4, 0.5) is 11.4 Å². The number of hydrogen-bond donors (Lipinski definition) is 1. The van der Waals surface area contributed by atoms with Crippen molar-refractivity contribution >= 4 is 40.6 Å². The van der Waals surface area contributed by atoms with Gasteiger partial charge in [0.15, 0.2) is 5.16 Å². The number of benzene rings is 2. The van der Waals surface area contributed by atoms with E-state index in [9.17, 15) is 4.79 Å². The van der Waals surface area contributed by atoms with Gasteiger partial charge < -0.3 is 15.1 Å². The number of aromatic nitrogens is 3. The molecule has 2 heterocycles. The molecule has 174 valence electrons. The molecule has 7 nitrogen and oxygen atoms in total. The maximum absolute atomic E-state index is 12.8. The summed E-state index contributed by atoms with van der Waals surface area (Å²) in [5.41, 5.74) is 3.99. The largest absolute Gasteiger partial charge is 0.367 e. The van der Waals surface area contributed by atoms with Crippen molar-refractivity contribution in [1.82, 2.24) is 19.7 Å². The fraction of sp³-hybridized carbons (Fsp3) is 0.375. The molecule has 3 aromatic rings. The minimum absolute atomic E-state index is 0.109. The Balaban J connectivity index is 1.42. The molecule has 0 spiro atoms. The first-order valence-corrected chi connectivity index (χ1v) is 12.4. The van der Waals surface area contributed by atoms with Gasteiger partial charge in [-0.05, 0) is 48.9 Å². The van der Waals surface area contributed by atoms with Crippen molar-refractivity contribution in [2.24, 2.45) is 0 Å². The number of thioether (sulfide) groups is 1. The lowest BCUT2D eigenvalue weighted by Gasteiger charge is -2.35. The zero-order valence-corrected chi connectivity index (χ0v) is 20.7. The highest BCUT2D eigenvalue weighted by atomic mass is 35.5. The van der Waals surface area contributed by atoms with Gasteiger partial charge in [0.1, 0.15) is 6.33 Å². The first-order valence-electron chi connectivity index (χ1n) is 11.1. The van der Waals surface area contributed by atoms with Gasteiger partial charge in [0.2, 0.25) is 5.91 Å². The molecule has 0 radical (unpaired) electrons. The van der Waals surface area contributed by atoms with E-state index in [1.54, 1.807) is 6.33 Å². The summed E-state index contributed by atoms with van der Waals surface area (Å²) in [5.74, 6) is 0.583. The maximum atomic E-state index is 12.8. The molecule has 1 aromatic heterocycles. The number of nitrogens with one attached hydrogen (secondary N) is 1. The van der Waals surface area contributed by atoms with Gasteiger partial charge in [-0.2, -0.15) is 0 Å². The second kappa shape index (κ2) is 10.6. The summed E-state index contributed by atoms with van der Waals surface area (Å²) in [5, 5.41) is 12.6. The third-order valence-electron chi connectivity index (χ3n) is 5.76. The minimum atomic E-state index is -0.109. The van der Waals surface area contributed by atoms with Crippen LogP contribution < -0.4 is 10.2 Å². The molecule has 33 heavy (non-hydrogen) atoms. The zero-order chi connectivity index (χ0) is 23.4. The number of rotatable bonds is 7. The quantitative estimate of drug-likeness (QED) is 0.497. The van der Waals surface area contributed by atoms with Gasteiger partial charge in [-0.3, -0.25) is 9.36 Å². The van der Waals surface area contributed by atoms with Crippen LogP contribution >= 0.6 is 23.4 Å². The summed E-state index contributed by atoms with van der Waals surface area (Å²) in [4.78, 5) is 17.4. The fourth-order valence-electron chi connectivity index (χ4n) is 3.77. The smallest absolute Gasteiger partial charge is 0.234 e. The molecule has 1 aliphatic heterocycles. The molecule has 1 amide bonds. The van der Waals surface area contributed by atoms with Gasteiger partial charge in [-0.25, -0.2) is 0 Å². The van der Waals surface area contributed by atoms with Gasteiger partial charge >= 0.3 is 0 Å². The monoisotopic (exact) mass is 484 g/mol. The number of anilines is 2. The normalized spacial score (nSPS) is 14.6. The molecule has 2 aromatic carbocycles. The van der Waals surface area contributed by atoms with E-state index in [1.807, 2.05) is 22.8 Å². The Morgan fingerprint density at radius 1 is 1.12 bits per heavy atom. The van der Waals surface area contributed by atoms with Crippen molar-refractivity contribution in [2.75, 3.05) is 49.2 Å². The number of amides is 1. The first kappa shape index (κ1) is 23.6. The summed E-state index contributed by atoms with van der Waals surface area (Å²) in [6, 6.07) is 14.0. The lowest BCUT2D eigenvalue weighted by atomic mass is 10.0. The molecule has 9 heteroatoms. The minimum Gasteiger partial charge on any atom is -0.367 e. The van der Waals surface area contributed by atoms with Crippen molar-refractivity contribution in [3.05, 3.63) is 59.4 Å². The molecule has 0 bridgehead atoms. The topological polar surface area (TPSA) is 66.3 Å². The average Bonchev–Trinajstić information content (AvgIpc) is 3.27. The van der Waals surface area contributed by atoms with E-state index in [0.717, 1.165) is 43.2 Å². The third-order valence-corrected chi connectivity index (χ3v) is 6.94. The summed E-state index contributed by atoms with van der Waals surface area (Å²) in [7, 11) is 2.12. The SMILES string of the molecule is CC(C)c1ccc(-n2cnnc2SCC(=O)Nc2cc(Cl)ccc2N2CCN(C)CC2)cc1. The van der Waals surface area contributed by atoms with Crippen molar-refractivity contribution < 1.29 is 4.79 Å². The molecule has 0 atom stereocenters. The summed E-state index contributed by atoms with van der Waals surface area (Å²) in [6.07, 6.45) is 1.67. The van der Waals surface area contributed by atoms with Gasteiger partial charge in [-0.15, -0.1) is 10.2 Å². The van der Waals surface area contributed by atoms with E-state index in [-0.39, 0.29) is 11.7 Å². The van der Waals surface area contributed by atoms with E-state index in [0.29, 0.717) is 16.1 Å². The Kier molecular flexibility index (Phi) is 7.57. The highest BCUT2D eigenvalue weighted by Gasteiger charge is 2.19. The Labute approximate surface area is 204 Å². The predicted molar refractivity (Wildman–Crippen MR) is 136 cm³/mol. The summed E-state index contributed by atoms with van der Waals surface area (Å²) >= 11 is 7.59. The number of piperazine rings is 1. The Morgan fingerprint density at radius 2 is 1.85 bits per heavy atom. The Hall–Kier alpha value is -2.55. The van der Waals surface area contributed by atoms with E-state index >= 15 is 0 Å². The molecule has 1 N–H and O–H groups in total. The number of hydrogen-bond acceptors (Lipinski definition) is 6. The summed E-state index contributed by atoms with van der Waals surface area (Å²) in [6.45, 7) is 8.13. The van der Waals surface area contributed by atoms with E-state index < -0.39 is 0 Å². The van der Waals surface area contributed by atoms with E-state index in [4.69, 9.17) is 11.6 Å². The zero-order valence-electron chi connectivity index (χ0n) is 19.2. The molecule has 0 saturated carbocycles.